The van der Waals surface area contributed by atoms with Gasteiger partial charge in [-0.15, -0.1) is 0 Å². The van der Waals surface area contributed by atoms with E-state index in [9.17, 15) is 14.3 Å². The average Bonchev–Trinajstić information content (AvgIpc) is 2.37. The van der Waals surface area contributed by atoms with Crippen LogP contribution in [0.2, 0.25) is 0 Å². The number of carboxylic acid groups (broad SMARTS) is 1. The largest absolute Gasteiger partial charge is 0.479 e. The standard InChI is InChI=1S/C15H14FNO2/c1-10-5-7-11(8-6-10)14(15(18)19)17-13-4-2-3-12(16)9-13/h2-9,14,17H,1H3,(H,18,19). The molecule has 0 fully saturated rings. The Morgan fingerprint density at radius 1 is 1.21 bits per heavy atom. The predicted octanol–water partition coefficient (Wildman–Crippen LogP) is 3.37. The molecule has 19 heavy (non-hydrogen) atoms. The van der Waals surface area contributed by atoms with Crippen LogP contribution in [0.3, 0.4) is 0 Å². The molecule has 0 aromatic heterocycles. The summed E-state index contributed by atoms with van der Waals surface area (Å²) in [5, 5.41) is 12.1. The lowest BCUT2D eigenvalue weighted by Gasteiger charge is -2.16. The second-order valence-corrected chi connectivity index (χ2v) is 4.34. The van der Waals surface area contributed by atoms with E-state index >= 15 is 0 Å². The van der Waals surface area contributed by atoms with Crippen LogP contribution in [-0.2, 0) is 4.79 Å². The molecule has 0 aliphatic carbocycles. The normalized spacial score (nSPS) is 11.9. The fourth-order valence-electron chi connectivity index (χ4n) is 1.79. The van der Waals surface area contributed by atoms with Crippen molar-refractivity contribution in [3.63, 3.8) is 0 Å². The van der Waals surface area contributed by atoms with Gasteiger partial charge in [-0.2, -0.15) is 0 Å². The summed E-state index contributed by atoms with van der Waals surface area (Å²) in [6.07, 6.45) is 0. The number of anilines is 1. The fourth-order valence-corrected chi connectivity index (χ4v) is 1.79. The van der Waals surface area contributed by atoms with Crippen molar-refractivity contribution in [2.24, 2.45) is 0 Å². The van der Waals surface area contributed by atoms with Crippen LogP contribution in [0.1, 0.15) is 17.2 Å². The minimum Gasteiger partial charge on any atom is -0.479 e. The quantitative estimate of drug-likeness (QED) is 0.885. The first kappa shape index (κ1) is 13.1. The Labute approximate surface area is 110 Å². The summed E-state index contributed by atoms with van der Waals surface area (Å²) >= 11 is 0. The minimum atomic E-state index is -1.01. The summed E-state index contributed by atoms with van der Waals surface area (Å²) in [6.45, 7) is 1.93. The first-order valence-electron chi connectivity index (χ1n) is 5.88. The topological polar surface area (TPSA) is 49.3 Å². The van der Waals surface area contributed by atoms with Crippen LogP contribution < -0.4 is 5.32 Å². The second-order valence-electron chi connectivity index (χ2n) is 4.34. The number of halogens is 1. The summed E-state index contributed by atoms with van der Waals surface area (Å²) in [4.78, 5) is 11.3. The first-order valence-corrected chi connectivity index (χ1v) is 5.88. The van der Waals surface area contributed by atoms with Crippen molar-refractivity contribution in [1.29, 1.82) is 0 Å². The van der Waals surface area contributed by atoms with E-state index in [2.05, 4.69) is 5.32 Å². The van der Waals surface area contributed by atoms with Crippen molar-refractivity contribution in [3.05, 3.63) is 65.5 Å². The van der Waals surface area contributed by atoms with Crippen molar-refractivity contribution in [2.45, 2.75) is 13.0 Å². The Morgan fingerprint density at radius 2 is 1.89 bits per heavy atom. The van der Waals surface area contributed by atoms with Gasteiger partial charge in [0.05, 0.1) is 0 Å². The van der Waals surface area contributed by atoms with Gasteiger partial charge in [-0.25, -0.2) is 9.18 Å². The average molecular weight is 259 g/mol. The monoisotopic (exact) mass is 259 g/mol. The van der Waals surface area contributed by atoms with Crippen LogP contribution in [0.4, 0.5) is 10.1 Å². The van der Waals surface area contributed by atoms with E-state index in [-0.39, 0.29) is 0 Å². The Balaban J connectivity index is 2.26. The van der Waals surface area contributed by atoms with E-state index in [4.69, 9.17) is 0 Å². The lowest BCUT2D eigenvalue weighted by atomic mass is 10.0. The fraction of sp³-hybridized carbons (Fsp3) is 0.133. The molecule has 0 aliphatic rings. The van der Waals surface area contributed by atoms with E-state index in [1.807, 2.05) is 19.1 Å². The molecular formula is C15H14FNO2. The van der Waals surface area contributed by atoms with E-state index < -0.39 is 17.8 Å². The molecule has 3 nitrogen and oxygen atoms in total. The van der Waals surface area contributed by atoms with Gasteiger partial charge < -0.3 is 10.4 Å². The van der Waals surface area contributed by atoms with E-state index in [0.717, 1.165) is 5.56 Å². The Kier molecular flexibility index (Phi) is 3.80. The lowest BCUT2D eigenvalue weighted by Crippen LogP contribution is -2.20. The zero-order chi connectivity index (χ0) is 13.8. The summed E-state index contributed by atoms with van der Waals surface area (Å²) in [5.74, 6) is -1.41. The van der Waals surface area contributed by atoms with Crippen LogP contribution in [0, 0.1) is 12.7 Å². The van der Waals surface area contributed by atoms with Gasteiger partial charge in [0.15, 0.2) is 6.04 Å². The molecule has 1 unspecified atom stereocenters. The van der Waals surface area contributed by atoms with Gasteiger partial charge in [-0.1, -0.05) is 35.9 Å². The molecule has 2 rings (SSSR count). The Morgan fingerprint density at radius 3 is 2.47 bits per heavy atom. The van der Waals surface area contributed by atoms with Crippen LogP contribution in [-0.4, -0.2) is 11.1 Å². The van der Waals surface area contributed by atoms with Crippen LogP contribution in [0.15, 0.2) is 48.5 Å². The van der Waals surface area contributed by atoms with Crippen molar-refractivity contribution < 1.29 is 14.3 Å². The molecule has 2 N–H and O–H groups in total. The zero-order valence-corrected chi connectivity index (χ0v) is 10.4. The highest BCUT2D eigenvalue weighted by molar-refractivity contribution is 5.79. The number of hydrogen-bond donors (Lipinski definition) is 2. The number of benzene rings is 2. The molecule has 98 valence electrons. The van der Waals surface area contributed by atoms with Crippen LogP contribution >= 0.6 is 0 Å². The van der Waals surface area contributed by atoms with Crippen molar-refractivity contribution in [3.8, 4) is 0 Å². The third kappa shape index (κ3) is 3.31. The van der Waals surface area contributed by atoms with Crippen molar-refractivity contribution in [1.82, 2.24) is 0 Å². The van der Waals surface area contributed by atoms with Gasteiger partial charge in [0.2, 0.25) is 0 Å². The highest BCUT2D eigenvalue weighted by Crippen LogP contribution is 2.21. The third-order valence-corrected chi connectivity index (χ3v) is 2.79. The third-order valence-electron chi connectivity index (χ3n) is 2.79. The molecule has 1 atom stereocenters. The maximum absolute atomic E-state index is 13.1. The van der Waals surface area contributed by atoms with Gasteiger partial charge >= 0.3 is 5.97 Å². The predicted molar refractivity (Wildman–Crippen MR) is 71.6 cm³/mol. The molecule has 0 heterocycles. The van der Waals surface area contributed by atoms with Gasteiger partial charge in [-0.3, -0.25) is 0 Å². The number of carbonyl (C=O) groups is 1. The molecule has 0 aliphatic heterocycles. The minimum absolute atomic E-state index is 0.405. The Bertz CT molecular complexity index is 581. The summed E-state index contributed by atoms with van der Waals surface area (Å²) in [6, 6.07) is 12.0. The molecule has 0 bridgehead atoms. The van der Waals surface area contributed by atoms with Gasteiger partial charge in [-0.05, 0) is 30.7 Å². The molecule has 0 saturated carbocycles. The van der Waals surface area contributed by atoms with Crippen molar-refractivity contribution in [2.75, 3.05) is 5.32 Å². The van der Waals surface area contributed by atoms with E-state index in [1.165, 1.54) is 18.2 Å². The maximum atomic E-state index is 13.1. The number of carboxylic acids is 1. The van der Waals surface area contributed by atoms with Crippen molar-refractivity contribution >= 4 is 11.7 Å². The SMILES string of the molecule is Cc1ccc(C(Nc2cccc(F)c2)C(=O)O)cc1. The molecule has 0 amide bonds. The molecular weight excluding hydrogens is 245 g/mol. The molecule has 4 heteroatoms. The number of aliphatic carboxylic acids is 1. The smallest absolute Gasteiger partial charge is 0.330 e. The highest BCUT2D eigenvalue weighted by Gasteiger charge is 2.19. The molecule has 0 saturated heterocycles. The molecule has 2 aromatic rings. The van der Waals surface area contributed by atoms with E-state index in [0.29, 0.717) is 11.3 Å². The summed E-state index contributed by atoms with van der Waals surface area (Å²) < 4.78 is 13.1. The lowest BCUT2D eigenvalue weighted by molar-refractivity contribution is -0.138. The molecule has 0 radical (unpaired) electrons. The van der Waals surface area contributed by atoms with Crippen LogP contribution in [0.5, 0.6) is 0 Å². The maximum Gasteiger partial charge on any atom is 0.330 e. The summed E-state index contributed by atoms with van der Waals surface area (Å²) in [5.41, 5.74) is 2.12. The number of nitrogens with one attached hydrogen (secondary N) is 1. The zero-order valence-electron chi connectivity index (χ0n) is 10.4. The number of hydrogen-bond acceptors (Lipinski definition) is 2. The number of rotatable bonds is 4. The molecule has 0 spiro atoms. The van der Waals surface area contributed by atoms with Crippen LogP contribution in [0.25, 0.3) is 0 Å². The highest BCUT2D eigenvalue weighted by atomic mass is 19.1. The van der Waals surface area contributed by atoms with Gasteiger partial charge in [0.25, 0.3) is 0 Å². The molecule has 2 aromatic carbocycles. The first-order chi connectivity index (χ1) is 9.06. The Hall–Kier alpha value is -2.36. The van der Waals surface area contributed by atoms with Gasteiger partial charge in [0, 0.05) is 5.69 Å². The summed E-state index contributed by atoms with van der Waals surface area (Å²) in [7, 11) is 0. The number of aryl methyl sites for hydroxylation is 1. The second kappa shape index (κ2) is 5.52. The van der Waals surface area contributed by atoms with Gasteiger partial charge in [0.1, 0.15) is 5.82 Å². The van der Waals surface area contributed by atoms with E-state index in [1.54, 1.807) is 18.2 Å².